The molecule has 0 amide bonds. The van der Waals surface area contributed by atoms with Crippen LogP contribution >= 0.6 is 0 Å². The Kier molecular flexibility index (Phi) is 2.59. The number of halogens is 1. The normalized spacial score (nSPS) is 12.8. The Balaban J connectivity index is 2.13. The van der Waals surface area contributed by atoms with Crippen molar-refractivity contribution in [3.63, 3.8) is 0 Å². The summed E-state index contributed by atoms with van der Waals surface area (Å²) in [5.74, 6) is -0.322. The van der Waals surface area contributed by atoms with Crippen molar-refractivity contribution in [3.8, 4) is 0 Å². The molecule has 2 aromatic heterocycles. The highest BCUT2D eigenvalue weighted by atomic mass is 19.1. The molecule has 2 nitrogen and oxygen atoms in total. The van der Waals surface area contributed by atoms with Gasteiger partial charge in [0.25, 0.3) is 0 Å². The summed E-state index contributed by atoms with van der Waals surface area (Å²) >= 11 is 0. The third kappa shape index (κ3) is 1.68. The second kappa shape index (κ2) is 4.26. The summed E-state index contributed by atoms with van der Waals surface area (Å²) in [6.07, 6.45) is 3.56. The lowest BCUT2D eigenvalue weighted by Gasteiger charge is -2.10. The van der Waals surface area contributed by atoms with Crippen LogP contribution in [0, 0.1) is 5.82 Å². The van der Waals surface area contributed by atoms with Crippen LogP contribution in [0.15, 0.2) is 48.8 Å². The van der Waals surface area contributed by atoms with Crippen molar-refractivity contribution in [2.75, 3.05) is 0 Å². The van der Waals surface area contributed by atoms with Crippen LogP contribution in [0.5, 0.6) is 0 Å². The predicted molar refractivity (Wildman–Crippen MR) is 70.0 cm³/mol. The summed E-state index contributed by atoms with van der Waals surface area (Å²) in [6, 6.07) is 11.1. The summed E-state index contributed by atoms with van der Waals surface area (Å²) in [5, 5.41) is 1.12. The second-order valence-electron chi connectivity index (χ2n) is 4.38. The van der Waals surface area contributed by atoms with Gasteiger partial charge in [-0.3, -0.25) is 4.98 Å². The van der Waals surface area contributed by atoms with Gasteiger partial charge in [0, 0.05) is 29.2 Å². The standard InChI is InChI=1S/C15H13FN2/c1-10(15-13(16)6-4-8-17-15)12-9-18-14-7-3-2-5-11(12)14/h2-10,18H,1H3. The first-order valence-corrected chi connectivity index (χ1v) is 5.94. The van der Waals surface area contributed by atoms with E-state index in [1.54, 1.807) is 12.3 Å². The first kappa shape index (κ1) is 11.0. The molecule has 0 fully saturated rings. The number of aromatic amines is 1. The number of pyridine rings is 1. The molecule has 2 heterocycles. The van der Waals surface area contributed by atoms with Crippen molar-refractivity contribution in [2.45, 2.75) is 12.8 Å². The van der Waals surface area contributed by atoms with E-state index in [4.69, 9.17) is 0 Å². The third-order valence-electron chi connectivity index (χ3n) is 3.28. The average Bonchev–Trinajstić information content (AvgIpc) is 2.82. The zero-order valence-corrected chi connectivity index (χ0v) is 10.0. The van der Waals surface area contributed by atoms with Crippen LogP contribution in [0.3, 0.4) is 0 Å². The van der Waals surface area contributed by atoms with E-state index in [9.17, 15) is 4.39 Å². The van der Waals surface area contributed by atoms with Gasteiger partial charge >= 0.3 is 0 Å². The van der Waals surface area contributed by atoms with Crippen molar-refractivity contribution in [1.82, 2.24) is 9.97 Å². The predicted octanol–water partition coefficient (Wildman–Crippen LogP) is 3.85. The summed E-state index contributed by atoms with van der Waals surface area (Å²) in [5.41, 5.74) is 2.63. The Bertz CT molecular complexity index is 688. The van der Waals surface area contributed by atoms with E-state index in [1.165, 1.54) is 6.07 Å². The molecule has 1 aromatic carbocycles. The van der Waals surface area contributed by atoms with Gasteiger partial charge in [-0.2, -0.15) is 0 Å². The fraction of sp³-hybridized carbons (Fsp3) is 0.133. The molecular formula is C15H13FN2. The molecule has 0 saturated heterocycles. The van der Waals surface area contributed by atoms with Gasteiger partial charge in [0.2, 0.25) is 0 Å². The van der Waals surface area contributed by atoms with E-state index in [1.807, 2.05) is 37.4 Å². The number of hydrogen-bond acceptors (Lipinski definition) is 1. The number of para-hydroxylation sites is 1. The van der Waals surface area contributed by atoms with E-state index in [0.717, 1.165) is 16.5 Å². The maximum absolute atomic E-state index is 13.8. The highest BCUT2D eigenvalue weighted by Crippen LogP contribution is 2.30. The Hall–Kier alpha value is -2.16. The molecule has 0 spiro atoms. The maximum atomic E-state index is 13.8. The largest absolute Gasteiger partial charge is 0.361 e. The second-order valence-corrected chi connectivity index (χ2v) is 4.38. The van der Waals surface area contributed by atoms with Crippen LogP contribution in [0.1, 0.15) is 24.1 Å². The highest BCUT2D eigenvalue weighted by molar-refractivity contribution is 5.84. The average molecular weight is 240 g/mol. The SMILES string of the molecule is CC(c1ncccc1F)c1c[nH]c2ccccc12. The Morgan fingerprint density at radius 3 is 2.83 bits per heavy atom. The minimum atomic E-state index is -0.254. The van der Waals surface area contributed by atoms with Crippen LogP contribution in [-0.2, 0) is 0 Å². The zero-order valence-electron chi connectivity index (χ0n) is 10.0. The number of H-pyrrole nitrogens is 1. The molecule has 90 valence electrons. The molecule has 0 aliphatic rings. The lowest BCUT2D eigenvalue weighted by atomic mass is 9.96. The van der Waals surface area contributed by atoms with E-state index in [2.05, 4.69) is 9.97 Å². The number of hydrogen-bond donors (Lipinski definition) is 1. The third-order valence-corrected chi connectivity index (χ3v) is 3.28. The molecule has 3 aromatic rings. The van der Waals surface area contributed by atoms with Crippen molar-refractivity contribution in [2.24, 2.45) is 0 Å². The number of fused-ring (bicyclic) bond motifs is 1. The fourth-order valence-electron chi connectivity index (χ4n) is 2.32. The van der Waals surface area contributed by atoms with E-state index >= 15 is 0 Å². The first-order valence-electron chi connectivity index (χ1n) is 5.94. The van der Waals surface area contributed by atoms with Crippen LogP contribution < -0.4 is 0 Å². The lowest BCUT2D eigenvalue weighted by molar-refractivity contribution is 0.591. The summed E-state index contributed by atoms with van der Waals surface area (Å²) in [6.45, 7) is 1.97. The summed E-state index contributed by atoms with van der Waals surface area (Å²) in [4.78, 5) is 7.36. The molecule has 0 saturated carbocycles. The number of nitrogens with zero attached hydrogens (tertiary/aromatic N) is 1. The minimum Gasteiger partial charge on any atom is -0.361 e. The van der Waals surface area contributed by atoms with E-state index in [0.29, 0.717) is 5.69 Å². The van der Waals surface area contributed by atoms with Gasteiger partial charge in [-0.25, -0.2) is 4.39 Å². The molecule has 1 atom stereocenters. The number of rotatable bonds is 2. The molecule has 1 N–H and O–H groups in total. The van der Waals surface area contributed by atoms with Gasteiger partial charge in [-0.15, -0.1) is 0 Å². The molecule has 1 unspecified atom stereocenters. The minimum absolute atomic E-state index is 0.0673. The van der Waals surface area contributed by atoms with Crippen molar-refractivity contribution < 1.29 is 4.39 Å². The van der Waals surface area contributed by atoms with Gasteiger partial charge in [0.1, 0.15) is 5.82 Å². The molecule has 3 heteroatoms. The molecule has 0 bridgehead atoms. The maximum Gasteiger partial charge on any atom is 0.145 e. The molecule has 0 aliphatic heterocycles. The topological polar surface area (TPSA) is 28.7 Å². The van der Waals surface area contributed by atoms with Gasteiger partial charge < -0.3 is 4.98 Å². The summed E-state index contributed by atoms with van der Waals surface area (Å²) < 4.78 is 13.8. The van der Waals surface area contributed by atoms with Crippen molar-refractivity contribution in [1.29, 1.82) is 0 Å². The first-order chi connectivity index (χ1) is 8.77. The fourth-order valence-corrected chi connectivity index (χ4v) is 2.32. The molecule has 18 heavy (non-hydrogen) atoms. The van der Waals surface area contributed by atoms with Crippen LogP contribution in [0.25, 0.3) is 10.9 Å². The van der Waals surface area contributed by atoms with Crippen molar-refractivity contribution >= 4 is 10.9 Å². The Morgan fingerprint density at radius 2 is 2.00 bits per heavy atom. The number of nitrogens with one attached hydrogen (secondary N) is 1. The number of benzene rings is 1. The summed E-state index contributed by atoms with van der Waals surface area (Å²) in [7, 11) is 0. The lowest BCUT2D eigenvalue weighted by Crippen LogP contribution is -2.01. The van der Waals surface area contributed by atoms with Gasteiger partial charge in [-0.05, 0) is 23.8 Å². The molecule has 0 radical (unpaired) electrons. The number of aromatic nitrogens is 2. The Morgan fingerprint density at radius 1 is 1.17 bits per heavy atom. The smallest absolute Gasteiger partial charge is 0.145 e. The highest BCUT2D eigenvalue weighted by Gasteiger charge is 2.17. The van der Waals surface area contributed by atoms with Gasteiger partial charge in [0.05, 0.1) is 5.69 Å². The van der Waals surface area contributed by atoms with Crippen LogP contribution in [-0.4, -0.2) is 9.97 Å². The zero-order chi connectivity index (χ0) is 12.5. The molecule has 0 aliphatic carbocycles. The van der Waals surface area contributed by atoms with E-state index < -0.39 is 0 Å². The quantitative estimate of drug-likeness (QED) is 0.724. The van der Waals surface area contributed by atoms with Gasteiger partial charge in [0.15, 0.2) is 0 Å². The molecule has 3 rings (SSSR count). The Labute approximate surface area is 104 Å². The van der Waals surface area contributed by atoms with Gasteiger partial charge in [-0.1, -0.05) is 25.1 Å². The van der Waals surface area contributed by atoms with Crippen LogP contribution in [0.4, 0.5) is 4.39 Å². The van der Waals surface area contributed by atoms with E-state index in [-0.39, 0.29) is 11.7 Å². The van der Waals surface area contributed by atoms with Crippen molar-refractivity contribution in [3.05, 3.63) is 65.9 Å². The monoisotopic (exact) mass is 240 g/mol. The molecular weight excluding hydrogens is 227 g/mol. The van der Waals surface area contributed by atoms with Crippen LogP contribution in [0.2, 0.25) is 0 Å².